The Morgan fingerprint density at radius 1 is 1.38 bits per heavy atom. The minimum absolute atomic E-state index is 0.00677. The molecule has 1 aromatic heterocycles. The summed E-state index contributed by atoms with van der Waals surface area (Å²) in [7, 11) is 0. The Morgan fingerprint density at radius 2 is 2.14 bits per heavy atom. The number of nitriles is 1. The molecule has 2 rings (SSSR count). The predicted octanol–water partition coefficient (Wildman–Crippen LogP) is 3.80. The highest BCUT2D eigenvalue weighted by atomic mass is 127. The van der Waals surface area contributed by atoms with E-state index >= 15 is 0 Å². The molecule has 0 amide bonds. The van der Waals surface area contributed by atoms with Gasteiger partial charge in [0.2, 0.25) is 0 Å². The molecular formula is C15H12BrIN2O2. The molecule has 108 valence electrons. The molecular weight excluding hydrogens is 447 g/mol. The van der Waals surface area contributed by atoms with Gasteiger partial charge >= 0.3 is 0 Å². The smallest absolute Gasteiger partial charge is 0.264 e. The largest absolute Gasteiger partial charge is 0.479 e. The van der Waals surface area contributed by atoms with Gasteiger partial charge in [-0.1, -0.05) is 0 Å². The number of hydrogen-bond acceptors (Lipinski definition) is 3. The normalized spacial score (nSPS) is 10.2. The molecule has 0 N–H and O–H groups in total. The van der Waals surface area contributed by atoms with Crippen LogP contribution in [0.1, 0.15) is 6.92 Å². The molecule has 6 heteroatoms. The first-order valence-electron chi connectivity index (χ1n) is 6.27. The van der Waals surface area contributed by atoms with Crippen LogP contribution in [0.25, 0.3) is 11.3 Å². The molecule has 0 bridgehead atoms. The van der Waals surface area contributed by atoms with E-state index in [0.717, 1.165) is 15.7 Å². The molecule has 21 heavy (non-hydrogen) atoms. The lowest BCUT2D eigenvalue weighted by molar-refractivity contribution is 0.368. The molecule has 0 saturated carbocycles. The zero-order valence-electron chi connectivity index (χ0n) is 11.3. The van der Waals surface area contributed by atoms with Gasteiger partial charge in [-0.05, 0) is 75.8 Å². The van der Waals surface area contributed by atoms with Crippen molar-refractivity contribution in [2.75, 3.05) is 6.61 Å². The third-order valence-corrected chi connectivity index (χ3v) is 4.44. The van der Waals surface area contributed by atoms with Crippen LogP contribution in [0, 0.1) is 14.9 Å². The number of benzene rings is 1. The van der Waals surface area contributed by atoms with Crippen molar-refractivity contribution in [2.24, 2.45) is 0 Å². The van der Waals surface area contributed by atoms with Crippen LogP contribution < -0.4 is 10.3 Å². The Hall–Kier alpha value is -1.33. The van der Waals surface area contributed by atoms with Gasteiger partial charge < -0.3 is 9.30 Å². The van der Waals surface area contributed by atoms with Crippen molar-refractivity contribution in [1.82, 2.24) is 4.57 Å². The fraction of sp³-hybridized carbons (Fsp3) is 0.200. The molecule has 0 spiro atoms. The van der Waals surface area contributed by atoms with Crippen molar-refractivity contribution in [3.05, 3.63) is 48.7 Å². The average Bonchev–Trinajstić information content (AvgIpc) is 2.48. The Bertz CT molecular complexity index is 765. The summed E-state index contributed by atoms with van der Waals surface area (Å²) in [6, 6.07) is 11.2. The zero-order chi connectivity index (χ0) is 15.4. The molecule has 2 aromatic rings. The SMILES string of the molecule is CCn1c(-c2ccc(OCC#N)cc2Br)ccc(I)c1=O. The molecule has 0 aliphatic heterocycles. The summed E-state index contributed by atoms with van der Waals surface area (Å²) in [5, 5.41) is 8.53. The molecule has 1 aromatic carbocycles. The molecule has 0 atom stereocenters. The van der Waals surface area contributed by atoms with E-state index in [1.165, 1.54) is 0 Å². The summed E-state index contributed by atoms with van der Waals surface area (Å²) in [4.78, 5) is 12.2. The Morgan fingerprint density at radius 3 is 2.76 bits per heavy atom. The number of aromatic nitrogens is 1. The molecule has 4 nitrogen and oxygen atoms in total. The van der Waals surface area contributed by atoms with Gasteiger partial charge in [0.15, 0.2) is 6.61 Å². The highest BCUT2D eigenvalue weighted by Crippen LogP contribution is 2.31. The lowest BCUT2D eigenvalue weighted by atomic mass is 10.1. The van der Waals surface area contributed by atoms with Crippen LogP contribution in [0.3, 0.4) is 0 Å². The van der Waals surface area contributed by atoms with Gasteiger partial charge in [-0.2, -0.15) is 5.26 Å². The number of hydrogen-bond donors (Lipinski definition) is 0. The van der Waals surface area contributed by atoms with Gasteiger partial charge in [-0.15, -0.1) is 0 Å². The van der Waals surface area contributed by atoms with E-state index in [-0.39, 0.29) is 12.2 Å². The summed E-state index contributed by atoms with van der Waals surface area (Å²) >= 11 is 5.54. The fourth-order valence-corrected chi connectivity index (χ4v) is 3.04. The Labute approximate surface area is 144 Å². The van der Waals surface area contributed by atoms with Gasteiger partial charge in [-0.25, -0.2) is 0 Å². The van der Waals surface area contributed by atoms with E-state index in [9.17, 15) is 4.79 Å². The summed E-state index contributed by atoms with van der Waals surface area (Å²) < 4.78 is 8.52. The first-order chi connectivity index (χ1) is 10.1. The summed E-state index contributed by atoms with van der Waals surface area (Å²) in [5.41, 5.74) is 1.77. The standard InChI is InChI=1S/C15H12BrIN2O2/c1-2-19-14(6-5-13(17)15(19)20)11-4-3-10(9-12(11)16)21-8-7-18/h3-6,9H,2,8H2,1H3. The van der Waals surface area contributed by atoms with Crippen molar-refractivity contribution in [3.63, 3.8) is 0 Å². The number of nitrogens with zero attached hydrogens (tertiary/aromatic N) is 2. The van der Waals surface area contributed by atoms with Crippen LogP contribution in [-0.4, -0.2) is 11.2 Å². The van der Waals surface area contributed by atoms with Crippen LogP contribution in [0.4, 0.5) is 0 Å². The highest BCUT2D eigenvalue weighted by molar-refractivity contribution is 14.1. The maximum Gasteiger partial charge on any atom is 0.264 e. The minimum Gasteiger partial charge on any atom is -0.479 e. The third kappa shape index (κ3) is 3.47. The number of halogens is 2. The summed E-state index contributed by atoms with van der Waals surface area (Å²) in [5.74, 6) is 0.614. The summed E-state index contributed by atoms with van der Waals surface area (Å²) in [6.07, 6.45) is 0. The summed E-state index contributed by atoms with van der Waals surface area (Å²) in [6.45, 7) is 2.55. The quantitative estimate of drug-likeness (QED) is 0.654. The van der Waals surface area contributed by atoms with Crippen LogP contribution in [0.15, 0.2) is 39.6 Å². The van der Waals surface area contributed by atoms with Crippen LogP contribution in [-0.2, 0) is 6.54 Å². The number of ether oxygens (including phenoxy) is 1. The van der Waals surface area contributed by atoms with E-state index in [1.54, 1.807) is 16.7 Å². The fourth-order valence-electron chi connectivity index (χ4n) is 2.01. The second-order valence-electron chi connectivity index (χ2n) is 4.20. The van der Waals surface area contributed by atoms with Crippen molar-refractivity contribution in [3.8, 4) is 23.1 Å². The van der Waals surface area contributed by atoms with E-state index in [0.29, 0.717) is 15.9 Å². The van der Waals surface area contributed by atoms with E-state index in [4.69, 9.17) is 10.00 Å². The van der Waals surface area contributed by atoms with E-state index in [2.05, 4.69) is 15.9 Å². The predicted molar refractivity (Wildman–Crippen MR) is 93.3 cm³/mol. The van der Waals surface area contributed by atoms with E-state index < -0.39 is 0 Å². The van der Waals surface area contributed by atoms with Crippen LogP contribution in [0.5, 0.6) is 5.75 Å². The maximum atomic E-state index is 12.2. The molecule has 0 aliphatic rings. The number of pyridine rings is 1. The topological polar surface area (TPSA) is 55.0 Å². The molecule has 0 aliphatic carbocycles. The first-order valence-corrected chi connectivity index (χ1v) is 8.14. The second-order valence-corrected chi connectivity index (χ2v) is 6.22. The van der Waals surface area contributed by atoms with Gasteiger partial charge in [0.05, 0.1) is 9.26 Å². The monoisotopic (exact) mass is 458 g/mol. The highest BCUT2D eigenvalue weighted by Gasteiger charge is 2.11. The van der Waals surface area contributed by atoms with Gasteiger partial charge in [-0.3, -0.25) is 4.79 Å². The Kier molecular flexibility index (Phi) is 5.42. The zero-order valence-corrected chi connectivity index (χ0v) is 15.0. The Balaban J connectivity index is 2.51. The lowest BCUT2D eigenvalue weighted by Gasteiger charge is -2.14. The second kappa shape index (κ2) is 7.09. The minimum atomic E-state index is 0.00677. The maximum absolute atomic E-state index is 12.2. The van der Waals surface area contributed by atoms with Crippen molar-refractivity contribution >= 4 is 38.5 Å². The van der Waals surface area contributed by atoms with Crippen LogP contribution >= 0.6 is 38.5 Å². The van der Waals surface area contributed by atoms with Crippen molar-refractivity contribution < 1.29 is 4.74 Å². The average molecular weight is 459 g/mol. The molecule has 0 unspecified atom stereocenters. The van der Waals surface area contributed by atoms with Gasteiger partial charge in [0, 0.05) is 16.6 Å². The molecule has 0 radical (unpaired) electrons. The third-order valence-electron chi connectivity index (χ3n) is 2.96. The van der Waals surface area contributed by atoms with Gasteiger partial charge in [0.25, 0.3) is 5.56 Å². The number of rotatable bonds is 4. The lowest BCUT2D eigenvalue weighted by Crippen LogP contribution is -2.22. The van der Waals surface area contributed by atoms with Crippen molar-refractivity contribution in [1.29, 1.82) is 5.26 Å². The molecule has 1 heterocycles. The molecule has 0 fully saturated rings. The first kappa shape index (κ1) is 16.0. The van der Waals surface area contributed by atoms with Gasteiger partial charge in [0.1, 0.15) is 11.8 Å². The van der Waals surface area contributed by atoms with Crippen LogP contribution in [0.2, 0.25) is 0 Å². The molecule has 0 saturated heterocycles. The van der Waals surface area contributed by atoms with Crippen molar-refractivity contribution in [2.45, 2.75) is 13.5 Å². The van der Waals surface area contributed by atoms with E-state index in [1.807, 2.05) is 53.8 Å².